The summed E-state index contributed by atoms with van der Waals surface area (Å²) < 4.78 is 13.6. The molecule has 2 amide bonds. The second-order valence-electron chi connectivity index (χ2n) is 6.11. The van der Waals surface area contributed by atoms with Gasteiger partial charge in [-0.25, -0.2) is 4.39 Å². The number of anilines is 1. The summed E-state index contributed by atoms with van der Waals surface area (Å²) in [7, 11) is 2.03. The summed E-state index contributed by atoms with van der Waals surface area (Å²) in [5, 5.41) is 2.53. The fourth-order valence-corrected chi connectivity index (χ4v) is 2.71. The number of piperazine rings is 1. The van der Waals surface area contributed by atoms with Gasteiger partial charge in [-0.1, -0.05) is 12.1 Å². The molecule has 1 aliphatic heterocycles. The van der Waals surface area contributed by atoms with Crippen molar-refractivity contribution in [3.8, 4) is 0 Å². The molecule has 1 fully saturated rings. The van der Waals surface area contributed by atoms with Crippen LogP contribution in [0, 0.1) is 5.82 Å². The van der Waals surface area contributed by atoms with Crippen LogP contribution in [0.25, 0.3) is 0 Å². The third-order valence-corrected chi connectivity index (χ3v) is 4.31. The first kappa shape index (κ1) is 17.1. The smallest absolute Gasteiger partial charge is 0.255 e. The number of amides is 2. The maximum Gasteiger partial charge on any atom is 0.255 e. The number of benzene rings is 2. The molecule has 0 unspecified atom stereocenters. The summed E-state index contributed by atoms with van der Waals surface area (Å²) in [6.07, 6.45) is 0. The number of carbonyl (C=O) groups is 2. The molecule has 0 saturated carbocycles. The number of rotatable bonds is 3. The molecule has 1 heterocycles. The van der Waals surface area contributed by atoms with Crippen molar-refractivity contribution in [3.63, 3.8) is 0 Å². The maximum atomic E-state index is 13.6. The Morgan fingerprint density at radius 1 is 0.920 bits per heavy atom. The normalized spacial score (nSPS) is 15.0. The Morgan fingerprint density at radius 2 is 1.52 bits per heavy atom. The van der Waals surface area contributed by atoms with E-state index in [-0.39, 0.29) is 11.6 Å². The SMILES string of the molecule is CN1CCN(C(=O)c2ccc(C(=O)Nc3ccccc3F)cc2)CC1. The van der Waals surface area contributed by atoms with Crippen molar-refractivity contribution < 1.29 is 14.0 Å². The molecule has 1 saturated heterocycles. The molecule has 1 aliphatic rings. The molecule has 0 radical (unpaired) electrons. The Balaban J connectivity index is 1.66. The first-order valence-electron chi connectivity index (χ1n) is 8.18. The first-order chi connectivity index (χ1) is 12.0. The number of likely N-dealkylation sites (N-methyl/N-ethyl adjacent to an activating group) is 1. The van der Waals surface area contributed by atoms with E-state index >= 15 is 0 Å². The van der Waals surface area contributed by atoms with Crippen LogP contribution in [0.2, 0.25) is 0 Å². The second kappa shape index (κ2) is 7.44. The zero-order chi connectivity index (χ0) is 17.8. The average Bonchev–Trinajstić information content (AvgIpc) is 2.64. The standard InChI is InChI=1S/C19H20FN3O2/c1-22-10-12-23(13-11-22)19(25)15-8-6-14(7-9-15)18(24)21-17-5-3-2-4-16(17)20/h2-9H,10-13H2,1H3,(H,21,24). The third-order valence-electron chi connectivity index (χ3n) is 4.31. The van der Waals surface area contributed by atoms with Crippen molar-refractivity contribution in [1.82, 2.24) is 9.80 Å². The Bertz CT molecular complexity index is 768. The summed E-state index contributed by atoms with van der Waals surface area (Å²) in [4.78, 5) is 28.7. The molecule has 6 heteroatoms. The quantitative estimate of drug-likeness (QED) is 0.933. The van der Waals surface area contributed by atoms with E-state index in [4.69, 9.17) is 0 Å². The average molecular weight is 341 g/mol. The topological polar surface area (TPSA) is 52.7 Å². The molecular formula is C19H20FN3O2. The van der Waals surface area contributed by atoms with Crippen molar-refractivity contribution in [2.24, 2.45) is 0 Å². The minimum atomic E-state index is -0.488. The molecule has 130 valence electrons. The molecule has 1 N–H and O–H groups in total. The van der Waals surface area contributed by atoms with Crippen LogP contribution in [-0.4, -0.2) is 54.8 Å². The lowest BCUT2D eigenvalue weighted by Gasteiger charge is -2.32. The molecule has 0 spiro atoms. The Hall–Kier alpha value is -2.73. The highest BCUT2D eigenvalue weighted by Gasteiger charge is 2.20. The first-order valence-corrected chi connectivity index (χ1v) is 8.18. The van der Waals surface area contributed by atoms with Gasteiger partial charge in [-0.15, -0.1) is 0 Å². The van der Waals surface area contributed by atoms with E-state index < -0.39 is 11.7 Å². The van der Waals surface area contributed by atoms with Gasteiger partial charge in [0.2, 0.25) is 0 Å². The second-order valence-corrected chi connectivity index (χ2v) is 6.11. The van der Waals surface area contributed by atoms with Crippen molar-refractivity contribution in [3.05, 3.63) is 65.5 Å². The number of nitrogens with zero attached hydrogens (tertiary/aromatic N) is 2. The van der Waals surface area contributed by atoms with Crippen molar-refractivity contribution in [2.75, 3.05) is 38.5 Å². The van der Waals surface area contributed by atoms with E-state index in [0.29, 0.717) is 24.2 Å². The molecular weight excluding hydrogens is 321 g/mol. The van der Waals surface area contributed by atoms with Gasteiger partial charge in [-0.2, -0.15) is 0 Å². The van der Waals surface area contributed by atoms with E-state index in [9.17, 15) is 14.0 Å². The van der Waals surface area contributed by atoms with Crippen LogP contribution < -0.4 is 5.32 Å². The Labute approximate surface area is 146 Å². The van der Waals surface area contributed by atoms with E-state index in [2.05, 4.69) is 10.2 Å². The van der Waals surface area contributed by atoms with Crippen molar-refractivity contribution in [1.29, 1.82) is 0 Å². The van der Waals surface area contributed by atoms with Gasteiger partial charge in [0.15, 0.2) is 0 Å². The van der Waals surface area contributed by atoms with Crippen LogP contribution in [-0.2, 0) is 0 Å². The highest BCUT2D eigenvalue weighted by molar-refractivity contribution is 6.05. The summed E-state index contributed by atoms with van der Waals surface area (Å²) in [5.41, 5.74) is 1.05. The van der Waals surface area contributed by atoms with Gasteiger partial charge in [0.05, 0.1) is 5.69 Å². The summed E-state index contributed by atoms with van der Waals surface area (Å²) in [6.45, 7) is 3.11. The number of nitrogens with one attached hydrogen (secondary N) is 1. The third kappa shape index (κ3) is 4.03. The van der Waals surface area contributed by atoms with Crippen molar-refractivity contribution in [2.45, 2.75) is 0 Å². The van der Waals surface area contributed by atoms with Gasteiger partial charge in [0.25, 0.3) is 11.8 Å². The summed E-state index contributed by atoms with van der Waals surface area (Å²) in [6, 6.07) is 12.4. The van der Waals surface area contributed by atoms with Crippen LogP contribution in [0.3, 0.4) is 0 Å². The molecule has 0 bridgehead atoms. The van der Waals surface area contributed by atoms with Gasteiger partial charge in [-0.3, -0.25) is 9.59 Å². The molecule has 0 aromatic heterocycles. The van der Waals surface area contributed by atoms with Gasteiger partial charge in [0.1, 0.15) is 5.82 Å². The molecule has 2 aromatic rings. The summed E-state index contributed by atoms with van der Waals surface area (Å²) in [5.74, 6) is -0.935. The zero-order valence-electron chi connectivity index (χ0n) is 14.0. The fourth-order valence-electron chi connectivity index (χ4n) is 2.71. The number of halogens is 1. The van der Waals surface area contributed by atoms with Gasteiger partial charge >= 0.3 is 0 Å². The van der Waals surface area contributed by atoms with Crippen LogP contribution >= 0.6 is 0 Å². The van der Waals surface area contributed by atoms with E-state index in [0.717, 1.165) is 13.1 Å². The Kier molecular flexibility index (Phi) is 5.09. The van der Waals surface area contributed by atoms with E-state index in [1.165, 1.54) is 12.1 Å². The fraction of sp³-hybridized carbons (Fsp3) is 0.263. The van der Waals surface area contributed by atoms with Gasteiger partial charge < -0.3 is 15.1 Å². The zero-order valence-corrected chi connectivity index (χ0v) is 14.0. The van der Waals surface area contributed by atoms with E-state index in [1.54, 1.807) is 36.4 Å². The molecule has 2 aromatic carbocycles. The van der Waals surface area contributed by atoms with Gasteiger partial charge in [0, 0.05) is 37.3 Å². The number of para-hydroxylation sites is 1. The molecule has 25 heavy (non-hydrogen) atoms. The van der Waals surface area contributed by atoms with E-state index in [1.807, 2.05) is 11.9 Å². The number of hydrogen-bond acceptors (Lipinski definition) is 3. The predicted molar refractivity (Wildman–Crippen MR) is 94.2 cm³/mol. The molecule has 5 nitrogen and oxygen atoms in total. The lowest BCUT2D eigenvalue weighted by atomic mass is 10.1. The molecule has 0 aliphatic carbocycles. The molecule has 0 atom stereocenters. The highest BCUT2D eigenvalue weighted by Crippen LogP contribution is 2.15. The molecule has 3 rings (SSSR count). The number of hydrogen-bond donors (Lipinski definition) is 1. The largest absolute Gasteiger partial charge is 0.336 e. The minimum absolute atomic E-state index is 0.0332. The monoisotopic (exact) mass is 341 g/mol. The van der Waals surface area contributed by atoms with Crippen molar-refractivity contribution >= 4 is 17.5 Å². The minimum Gasteiger partial charge on any atom is -0.336 e. The Morgan fingerprint density at radius 3 is 2.16 bits per heavy atom. The van der Waals surface area contributed by atoms with Gasteiger partial charge in [-0.05, 0) is 43.4 Å². The maximum absolute atomic E-state index is 13.6. The number of carbonyl (C=O) groups excluding carboxylic acids is 2. The lowest BCUT2D eigenvalue weighted by molar-refractivity contribution is 0.0664. The highest BCUT2D eigenvalue weighted by atomic mass is 19.1. The van der Waals surface area contributed by atoms with Crippen LogP contribution in [0.4, 0.5) is 10.1 Å². The van der Waals surface area contributed by atoms with Crippen LogP contribution in [0.1, 0.15) is 20.7 Å². The van der Waals surface area contributed by atoms with Crippen LogP contribution in [0.15, 0.2) is 48.5 Å². The lowest BCUT2D eigenvalue weighted by Crippen LogP contribution is -2.47. The summed E-state index contributed by atoms with van der Waals surface area (Å²) >= 11 is 0. The predicted octanol–water partition coefficient (Wildman–Crippen LogP) is 2.47. The van der Waals surface area contributed by atoms with Crippen LogP contribution in [0.5, 0.6) is 0 Å².